The van der Waals surface area contributed by atoms with Gasteiger partial charge in [0.1, 0.15) is 12.6 Å². The van der Waals surface area contributed by atoms with Gasteiger partial charge in [0.25, 0.3) is 0 Å². The number of fused-ring (bicyclic) bond motifs is 2. The highest BCUT2D eigenvalue weighted by Crippen LogP contribution is 2.22. The number of benzene rings is 4. The molecule has 0 spiro atoms. The number of rotatable bonds is 15. The maximum absolute atomic E-state index is 13.0. The van der Waals surface area contributed by atoms with Crippen molar-refractivity contribution in [3.63, 3.8) is 0 Å². The summed E-state index contributed by atoms with van der Waals surface area (Å²) in [6.07, 6.45) is 1.72. The van der Waals surface area contributed by atoms with Crippen molar-refractivity contribution < 1.29 is 19.2 Å². The van der Waals surface area contributed by atoms with E-state index >= 15 is 0 Å². The predicted molar refractivity (Wildman–Crippen MR) is 224 cm³/mol. The van der Waals surface area contributed by atoms with Crippen molar-refractivity contribution in [1.82, 2.24) is 53.2 Å². The molecule has 6 amide bonds. The molecule has 0 radical (unpaired) electrons. The highest BCUT2D eigenvalue weighted by atomic mass is 16.2. The molecule has 6 rings (SSSR count). The fourth-order valence-electron chi connectivity index (χ4n) is 7.17. The maximum Gasteiger partial charge on any atom is 0.321 e. The molecular weight excluding hydrogens is 725 g/mol. The van der Waals surface area contributed by atoms with E-state index in [1.165, 1.54) is 6.92 Å². The first-order valence-corrected chi connectivity index (χ1v) is 19.7. The minimum absolute atomic E-state index is 0.00546. The molecule has 2 heterocycles. The zero-order valence-electron chi connectivity index (χ0n) is 32.8. The van der Waals surface area contributed by atoms with Crippen LogP contribution in [0.25, 0.3) is 21.5 Å². The third kappa shape index (κ3) is 13.1. The summed E-state index contributed by atoms with van der Waals surface area (Å²) in [6, 6.07) is 25.0. The summed E-state index contributed by atoms with van der Waals surface area (Å²) in [5.41, 5.74) is 2.20. The Bertz CT molecular complexity index is 2010. The van der Waals surface area contributed by atoms with E-state index < -0.39 is 12.6 Å². The minimum Gasteiger partial charge on any atom is -0.356 e. The Labute approximate surface area is 333 Å². The summed E-state index contributed by atoms with van der Waals surface area (Å²) in [6.45, 7) is 7.96. The van der Waals surface area contributed by atoms with Gasteiger partial charge < -0.3 is 42.5 Å². The lowest BCUT2D eigenvalue weighted by molar-refractivity contribution is -0.120. The number of urea groups is 2. The maximum atomic E-state index is 13.0. The van der Waals surface area contributed by atoms with E-state index in [1.54, 1.807) is 0 Å². The highest BCUT2D eigenvalue weighted by Gasteiger charge is 2.27. The molecular formula is C41H56N12O4. The second-order valence-corrected chi connectivity index (χ2v) is 14.8. The van der Waals surface area contributed by atoms with Crippen molar-refractivity contribution in [2.45, 2.75) is 83.4 Å². The van der Waals surface area contributed by atoms with Gasteiger partial charge in [-0.3, -0.25) is 30.9 Å². The summed E-state index contributed by atoms with van der Waals surface area (Å²) in [7, 11) is 0. The van der Waals surface area contributed by atoms with Gasteiger partial charge in [0.15, 0.2) is 0 Å². The van der Waals surface area contributed by atoms with Gasteiger partial charge in [-0.05, 0) is 91.0 Å². The zero-order chi connectivity index (χ0) is 40.1. The Kier molecular flexibility index (Phi) is 14.6. The van der Waals surface area contributed by atoms with Crippen LogP contribution >= 0.6 is 0 Å². The van der Waals surface area contributed by atoms with Crippen LogP contribution in [0.5, 0.6) is 0 Å². The number of anilines is 2. The molecule has 0 bridgehead atoms. The van der Waals surface area contributed by atoms with Crippen LogP contribution in [0.2, 0.25) is 0 Å². The SMILES string of the molecule is CC(=O)NCCCNC1CC(C)NC(NC(=O)Nc2ccc3ccc(CC(=O)NCCNC4CC(C)NC(NC(=O)Nc5ccc6ccccc6c5)N4)cc3c2)N1. The van der Waals surface area contributed by atoms with Crippen LogP contribution in [-0.4, -0.2) is 87.1 Å². The largest absolute Gasteiger partial charge is 0.356 e. The van der Waals surface area contributed by atoms with Gasteiger partial charge in [-0.1, -0.05) is 54.6 Å². The molecule has 2 saturated heterocycles. The molecule has 6 unspecified atom stereocenters. The van der Waals surface area contributed by atoms with Crippen LogP contribution < -0.4 is 63.8 Å². The molecule has 16 heteroatoms. The summed E-state index contributed by atoms with van der Waals surface area (Å²) in [4.78, 5) is 49.7. The summed E-state index contributed by atoms with van der Waals surface area (Å²) in [5.74, 6) is -0.134. The van der Waals surface area contributed by atoms with Crippen LogP contribution in [0, 0.1) is 0 Å². The fourth-order valence-corrected chi connectivity index (χ4v) is 7.17. The van der Waals surface area contributed by atoms with Gasteiger partial charge in [-0.2, -0.15) is 0 Å². The topological polar surface area (TPSA) is 213 Å². The number of hydrogen-bond acceptors (Lipinski definition) is 10. The standard InChI is InChI=1S/C41H56N12O4/c1-25-19-35(43-16-6-15-42-27(3)54)50-38(46-25)52-41(57)49-34-14-12-30-10-9-28(21-32(30)24-34)22-37(55)45-18-17-44-36-20-26(2)47-39(51-36)53-40(56)48-33-13-11-29-7-4-5-8-31(29)23-33/h4-5,7-14,21,23-26,35-36,38-39,43-44,46-47,50-51H,6,15-20,22H2,1-3H3,(H,42,54)(H,45,55)(H2,48,53,56)(H2,49,52,57). The monoisotopic (exact) mass is 780 g/mol. The van der Waals surface area contributed by atoms with Crippen molar-refractivity contribution in [3.05, 3.63) is 84.4 Å². The van der Waals surface area contributed by atoms with E-state index in [9.17, 15) is 19.2 Å². The lowest BCUT2D eigenvalue weighted by Gasteiger charge is -2.37. The Hall–Kier alpha value is -5.36. The van der Waals surface area contributed by atoms with Crippen molar-refractivity contribution in [1.29, 1.82) is 0 Å². The Morgan fingerprint density at radius 3 is 1.79 bits per heavy atom. The smallest absolute Gasteiger partial charge is 0.321 e. The van der Waals surface area contributed by atoms with E-state index in [0.717, 1.165) is 52.9 Å². The van der Waals surface area contributed by atoms with E-state index in [4.69, 9.17) is 0 Å². The van der Waals surface area contributed by atoms with Crippen molar-refractivity contribution >= 4 is 56.8 Å². The van der Waals surface area contributed by atoms with E-state index in [-0.39, 0.29) is 54.7 Å². The molecule has 304 valence electrons. The first-order chi connectivity index (χ1) is 27.5. The van der Waals surface area contributed by atoms with Gasteiger partial charge in [-0.25, -0.2) is 9.59 Å². The van der Waals surface area contributed by atoms with Crippen LogP contribution in [0.4, 0.5) is 21.0 Å². The molecule has 2 fully saturated rings. The zero-order valence-corrected chi connectivity index (χ0v) is 32.8. The van der Waals surface area contributed by atoms with Gasteiger partial charge >= 0.3 is 12.1 Å². The van der Waals surface area contributed by atoms with Crippen LogP contribution in [0.3, 0.4) is 0 Å². The first-order valence-electron chi connectivity index (χ1n) is 19.7. The van der Waals surface area contributed by atoms with Crippen molar-refractivity contribution in [2.75, 3.05) is 36.8 Å². The number of carbonyl (C=O) groups excluding carboxylic acids is 4. The average molecular weight is 781 g/mol. The van der Waals surface area contributed by atoms with Gasteiger partial charge in [0.05, 0.1) is 18.8 Å². The van der Waals surface area contributed by atoms with Crippen LogP contribution in [-0.2, 0) is 16.0 Å². The molecule has 2 aliphatic heterocycles. The first kappa shape index (κ1) is 41.3. The van der Waals surface area contributed by atoms with E-state index in [1.807, 2.05) is 78.9 Å². The third-order valence-corrected chi connectivity index (χ3v) is 9.86. The lowest BCUT2D eigenvalue weighted by atomic mass is 10.0. The van der Waals surface area contributed by atoms with E-state index in [2.05, 4.69) is 77.6 Å². The Morgan fingerprint density at radius 2 is 1.16 bits per heavy atom. The highest BCUT2D eigenvalue weighted by molar-refractivity contribution is 5.95. The predicted octanol–water partition coefficient (Wildman–Crippen LogP) is 2.46. The molecule has 4 aromatic rings. The second-order valence-electron chi connectivity index (χ2n) is 14.8. The van der Waals surface area contributed by atoms with E-state index in [0.29, 0.717) is 31.0 Å². The second kappa shape index (κ2) is 20.2. The molecule has 57 heavy (non-hydrogen) atoms. The molecule has 6 atom stereocenters. The summed E-state index contributed by atoms with van der Waals surface area (Å²) in [5, 5.41) is 41.9. The number of nitrogens with one attached hydrogen (secondary N) is 12. The van der Waals surface area contributed by atoms with Gasteiger partial charge in [-0.15, -0.1) is 0 Å². The molecule has 12 N–H and O–H groups in total. The number of amides is 6. The summed E-state index contributed by atoms with van der Waals surface area (Å²) >= 11 is 0. The number of carbonyl (C=O) groups is 4. The molecule has 16 nitrogen and oxygen atoms in total. The number of hydrogen-bond donors (Lipinski definition) is 12. The van der Waals surface area contributed by atoms with Crippen LogP contribution in [0.15, 0.2) is 78.9 Å². The van der Waals surface area contributed by atoms with Crippen molar-refractivity contribution in [2.24, 2.45) is 0 Å². The Balaban J connectivity index is 0.902. The molecule has 0 saturated carbocycles. The van der Waals surface area contributed by atoms with Crippen molar-refractivity contribution in [3.8, 4) is 0 Å². The van der Waals surface area contributed by atoms with Gasteiger partial charge in [0, 0.05) is 50.0 Å². The average Bonchev–Trinajstić information content (AvgIpc) is 3.15. The molecule has 0 aromatic heterocycles. The van der Waals surface area contributed by atoms with Crippen LogP contribution in [0.1, 0.15) is 45.6 Å². The van der Waals surface area contributed by atoms with Gasteiger partial charge in [0.2, 0.25) is 11.8 Å². The minimum atomic E-state index is -0.441. The molecule has 0 aliphatic carbocycles. The molecule has 2 aliphatic rings. The third-order valence-electron chi connectivity index (χ3n) is 9.86. The Morgan fingerprint density at radius 1 is 0.596 bits per heavy atom. The fraction of sp³-hybridized carbons (Fsp3) is 0.415. The lowest BCUT2D eigenvalue weighted by Crippen LogP contribution is -2.68. The summed E-state index contributed by atoms with van der Waals surface area (Å²) < 4.78 is 0. The normalized spacial score (nSPS) is 22.0. The quantitative estimate of drug-likeness (QED) is 0.0793. The molecule has 4 aromatic carbocycles.